The van der Waals surface area contributed by atoms with Gasteiger partial charge in [-0.2, -0.15) is 5.10 Å². The first kappa shape index (κ1) is 15.8. The van der Waals surface area contributed by atoms with Crippen LogP contribution in [0, 0.1) is 0 Å². The number of piperidine rings is 1. The summed E-state index contributed by atoms with van der Waals surface area (Å²) in [5.74, 6) is 0.407. The molecule has 1 saturated heterocycles. The minimum absolute atomic E-state index is 0.0755. The van der Waals surface area contributed by atoms with Gasteiger partial charge in [-0.15, -0.1) is 0 Å². The van der Waals surface area contributed by atoms with Crippen molar-refractivity contribution in [2.24, 2.45) is 0 Å². The molecule has 0 spiro atoms. The van der Waals surface area contributed by atoms with Crippen molar-refractivity contribution in [3.63, 3.8) is 0 Å². The highest BCUT2D eigenvalue weighted by molar-refractivity contribution is 6.05. The van der Waals surface area contributed by atoms with Crippen LogP contribution in [0.4, 0.5) is 0 Å². The van der Waals surface area contributed by atoms with E-state index in [4.69, 9.17) is 0 Å². The number of carbonyl (C=O) groups is 1. The number of pyridine rings is 1. The molecule has 1 fully saturated rings. The maximum absolute atomic E-state index is 13.1. The number of aromatic amines is 1. The van der Waals surface area contributed by atoms with Crippen molar-refractivity contribution >= 4 is 16.8 Å². The third kappa shape index (κ3) is 2.90. The Labute approximate surface area is 147 Å². The van der Waals surface area contributed by atoms with Crippen LogP contribution in [-0.2, 0) is 6.42 Å². The Morgan fingerprint density at radius 3 is 3.08 bits per heavy atom. The topological polar surface area (TPSA) is 61.9 Å². The fraction of sp³-hybridized carbons (Fsp3) is 0.350. The van der Waals surface area contributed by atoms with E-state index in [0.717, 1.165) is 43.3 Å². The average Bonchev–Trinajstić information content (AvgIpc) is 3.16. The first-order valence-corrected chi connectivity index (χ1v) is 8.93. The molecule has 0 saturated carbocycles. The molecule has 0 bridgehead atoms. The number of hydrogen-bond donors (Lipinski definition) is 1. The molecule has 3 aromatic rings. The molecule has 128 valence electrons. The van der Waals surface area contributed by atoms with E-state index in [-0.39, 0.29) is 5.91 Å². The van der Waals surface area contributed by atoms with Crippen LogP contribution >= 0.6 is 0 Å². The van der Waals surface area contributed by atoms with E-state index >= 15 is 0 Å². The summed E-state index contributed by atoms with van der Waals surface area (Å²) in [5, 5.41) is 8.36. The Hall–Kier alpha value is -2.69. The highest BCUT2D eigenvalue weighted by atomic mass is 16.2. The highest BCUT2D eigenvalue weighted by Crippen LogP contribution is 2.29. The molecule has 5 nitrogen and oxygen atoms in total. The summed E-state index contributed by atoms with van der Waals surface area (Å²) in [6.45, 7) is 3.67. The second-order valence-electron chi connectivity index (χ2n) is 6.63. The van der Waals surface area contributed by atoms with E-state index in [1.165, 1.54) is 11.3 Å². The summed E-state index contributed by atoms with van der Waals surface area (Å²) in [6, 6.07) is 9.71. The van der Waals surface area contributed by atoms with Crippen molar-refractivity contribution in [3.8, 4) is 0 Å². The van der Waals surface area contributed by atoms with E-state index in [1.54, 1.807) is 6.20 Å². The quantitative estimate of drug-likeness (QED) is 0.797. The molecule has 0 aliphatic carbocycles. The molecule has 4 rings (SSSR count). The van der Waals surface area contributed by atoms with Crippen molar-refractivity contribution in [1.29, 1.82) is 0 Å². The van der Waals surface area contributed by atoms with Crippen LogP contribution in [0.2, 0.25) is 0 Å². The van der Waals surface area contributed by atoms with E-state index in [1.807, 2.05) is 41.4 Å². The molecule has 3 heterocycles. The van der Waals surface area contributed by atoms with Gasteiger partial charge < -0.3 is 4.90 Å². The van der Waals surface area contributed by atoms with E-state index < -0.39 is 0 Å². The summed E-state index contributed by atoms with van der Waals surface area (Å²) in [5.41, 5.74) is 3.93. The summed E-state index contributed by atoms with van der Waals surface area (Å²) >= 11 is 0. The van der Waals surface area contributed by atoms with Crippen LogP contribution in [0.3, 0.4) is 0 Å². The first-order valence-electron chi connectivity index (χ1n) is 8.93. The number of amides is 1. The number of aryl methyl sites for hydroxylation is 1. The number of fused-ring (bicyclic) bond motifs is 1. The van der Waals surface area contributed by atoms with Crippen LogP contribution in [0.25, 0.3) is 10.9 Å². The predicted molar refractivity (Wildman–Crippen MR) is 97.6 cm³/mol. The van der Waals surface area contributed by atoms with Gasteiger partial charge in [0.1, 0.15) is 0 Å². The number of para-hydroxylation sites is 1. The normalized spacial score (nSPS) is 17.8. The van der Waals surface area contributed by atoms with Crippen LogP contribution < -0.4 is 0 Å². The zero-order chi connectivity index (χ0) is 17.2. The third-order valence-corrected chi connectivity index (χ3v) is 5.11. The average molecular weight is 334 g/mol. The predicted octanol–water partition coefficient (Wildman–Crippen LogP) is 3.54. The van der Waals surface area contributed by atoms with Crippen LogP contribution in [0.15, 0.2) is 42.7 Å². The molecule has 1 atom stereocenters. The van der Waals surface area contributed by atoms with Gasteiger partial charge in [-0.1, -0.05) is 25.1 Å². The fourth-order valence-corrected chi connectivity index (χ4v) is 3.80. The second kappa shape index (κ2) is 6.67. The number of nitrogens with zero attached hydrogens (tertiary/aromatic N) is 3. The van der Waals surface area contributed by atoms with Gasteiger partial charge >= 0.3 is 0 Å². The zero-order valence-corrected chi connectivity index (χ0v) is 14.4. The molecule has 5 heteroatoms. The van der Waals surface area contributed by atoms with E-state index in [0.29, 0.717) is 11.5 Å². The fourth-order valence-electron chi connectivity index (χ4n) is 3.80. The summed E-state index contributed by atoms with van der Waals surface area (Å²) in [7, 11) is 0. The van der Waals surface area contributed by atoms with Crippen LogP contribution in [0.1, 0.15) is 47.3 Å². The molecule has 1 amide bonds. The molecular formula is C20H22N4O. The maximum atomic E-state index is 13.1. The number of rotatable bonds is 3. The molecule has 1 aromatic carbocycles. The smallest absolute Gasteiger partial charge is 0.256 e. The third-order valence-electron chi connectivity index (χ3n) is 5.11. The number of aromatic nitrogens is 3. The number of hydrogen-bond acceptors (Lipinski definition) is 3. The zero-order valence-electron chi connectivity index (χ0n) is 14.4. The standard InChI is InChI=1S/C20H22N4O/c1-2-14-12-22-23-18(14)16-8-5-11-24(13-16)20(25)17-9-3-6-15-7-4-10-21-19(15)17/h3-4,6-7,9-10,12,16H,2,5,8,11,13H2,1H3,(H,22,23)/t16-/m1/s1. The Bertz CT molecular complexity index is 896. The minimum Gasteiger partial charge on any atom is -0.338 e. The van der Waals surface area contributed by atoms with Gasteiger partial charge in [0.25, 0.3) is 5.91 Å². The summed E-state index contributed by atoms with van der Waals surface area (Å²) in [4.78, 5) is 19.5. The van der Waals surface area contributed by atoms with Gasteiger partial charge in [0.15, 0.2) is 0 Å². The van der Waals surface area contributed by atoms with Gasteiger partial charge in [0.2, 0.25) is 0 Å². The molecule has 25 heavy (non-hydrogen) atoms. The van der Waals surface area contributed by atoms with Gasteiger partial charge in [-0.25, -0.2) is 0 Å². The lowest BCUT2D eigenvalue weighted by molar-refractivity contribution is 0.0707. The Morgan fingerprint density at radius 1 is 1.32 bits per heavy atom. The Kier molecular flexibility index (Phi) is 4.22. The van der Waals surface area contributed by atoms with E-state index in [9.17, 15) is 4.79 Å². The number of carbonyl (C=O) groups excluding carboxylic acids is 1. The van der Waals surface area contributed by atoms with Crippen molar-refractivity contribution in [2.45, 2.75) is 32.1 Å². The van der Waals surface area contributed by atoms with E-state index in [2.05, 4.69) is 22.1 Å². The van der Waals surface area contributed by atoms with Crippen molar-refractivity contribution in [1.82, 2.24) is 20.1 Å². The largest absolute Gasteiger partial charge is 0.338 e. The number of benzene rings is 1. The maximum Gasteiger partial charge on any atom is 0.256 e. The lowest BCUT2D eigenvalue weighted by atomic mass is 9.91. The van der Waals surface area contributed by atoms with Gasteiger partial charge in [-0.3, -0.25) is 14.9 Å². The first-order chi connectivity index (χ1) is 12.3. The molecular weight excluding hydrogens is 312 g/mol. The molecule has 2 aromatic heterocycles. The minimum atomic E-state index is 0.0755. The van der Waals surface area contributed by atoms with Crippen LogP contribution in [0.5, 0.6) is 0 Å². The lowest BCUT2D eigenvalue weighted by Gasteiger charge is -2.33. The molecule has 0 radical (unpaired) electrons. The highest BCUT2D eigenvalue weighted by Gasteiger charge is 2.28. The molecule has 0 unspecified atom stereocenters. The number of likely N-dealkylation sites (tertiary alicyclic amines) is 1. The number of nitrogens with one attached hydrogen (secondary N) is 1. The molecule has 1 N–H and O–H groups in total. The second-order valence-corrected chi connectivity index (χ2v) is 6.63. The van der Waals surface area contributed by atoms with Gasteiger partial charge in [-0.05, 0) is 37.0 Å². The van der Waals surface area contributed by atoms with Gasteiger partial charge in [0.05, 0.1) is 17.3 Å². The summed E-state index contributed by atoms with van der Waals surface area (Å²) < 4.78 is 0. The molecule has 1 aliphatic rings. The monoisotopic (exact) mass is 334 g/mol. The summed E-state index contributed by atoms with van der Waals surface area (Å²) in [6.07, 6.45) is 6.72. The SMILES string of the molecule is CCc1cn[nH]c1[C@@H]1CCCN(C(=O)c2cccc3cccnc23)C1. The van der Waals surface area contributed by atoms with Gasteiger partial charge in [0, 0.05) is 36.3 Å². The number of H-pyrrole nitrogens is 1. The molecule has 1 aliphatic heterocycles. The Morgan fingerprint density at radius 2 is 2.20 bits per heavy atom. The Balaban J connectivity index is 1.62. The van der Waals surface area contributed by atoms with Crippen LogP contribution in [-0.4, -0.2) is 39.1 Å². The van der Waals surface area contributed by atoms with Crippen molar-refractivity contribution in [2.75, 3.05) is 13.1 Å². The van der Waals surface area contributed by atoms with Crippen molar-refractivity contribution in [3.05, 3.63) is 59.5 Å². The van der Waals surface area contributed by atoms with Crippen molar-refractivity contribution < 1.29 is 4.79 Å². The lowest BCUT2D eigenvalue weighted by Crippen LogP contribution is -2.39.